The normalized spacial score (nSPS) is 17.0. The van der Waals surface area contributed by atoms with E-state index in [9.17, 15) is 18.4 Å². The summed E-state index contributed by atoms with van der Waals surface area (Å²) in [6, 6.07) is 8.79. The summed E-state index contributed by atoms with van der Waals surface area (Å²) in [4.78, 5) is 27.7. The minimum atomic E-state index is -0.491. The van der Waals surface area contributed by atoms with Crippen LogP contribution in [0.3, 0.4) is 0 Å². The van der Waals surface area contributed by atoms with Crippen LogP contribution in [0.5, 0.6) is 11.5 Å². The number of carbonyl (C=O) groups excluding carboxylic acids is 2. The first-order valence-electron chi connectivity index (χ1n) is 17.8. The number of ether oxygens (including phenoxy) is 5. The lowest BCUT2D eigenvalue weighted by Crippen LogP contribution is -2.41. The third-order valence-corrected chi connectivity index (χ3v) is 9.10. The number of aromatic hydroxyl groups is 1. The fourth-order valence-corrected chi connectivity index (χ4v) is 5.74. The van der Waals surface area contributed by atoms with E-state index in [1.165, 1.54) is 18.2 Å². The highest BCUT2D eigenvalue weighted by Gasteiger charge is 2.33. The number of hydrogen-bond donors (Lipinski definition) is 1. The molecule has 2 fully saturated rings. The lowest BCUT2D eigenvalue weighted by molar-refractivity contribution is 0.00937. The van der Waals surface area contributed by atoms with Gasteiger partial charge in [0.05, 0.1) is 40.8 Å². The van der Waals surface area contributed by atoms with Crippen LogP contribution in [-0.4, -0.2) is 102 Å². The molecule has 0 saturated carbocycles. The third-order valence-electron chi connectivity index (χ3n) is 7.55. The zero-order valence-corrected chi connectivity index (χ0v) is 35.5. The van der Waals surface area contributed by atoms with Crippen LogP contribution in [0.15, 0.2) is 45.3 Å². The summed E-state index contributed by atoms with van der Waals surface area (Å²) in [6.07, 6.45) is 4.93. The molecule has 10 nitrogen and oxygen atoms in total. The number of benzene rings is 2. The summed E-state index contributed by atoms with van der Waals surface area (Å²) in [5, 5.41) is 8.68. The Morgan fingerprint density at radius 2 is 1.25 bits per heavy atom. The van der Waals surface area contributed by atoms with Gasteiger partial charge in [-0.25, -0.2) is 18.4 Å². The molecule has 0 bridgehead atoms. The van der Waals surface area contributed by atoms with Crippen LogP contribution in [0.25, 0.3) is 0 Å². The van der Waals surface area contributed by atoms with Crippen LogP contribution in [0.2, 0.25) is 0 Å². The zero-order valence-electron chi connectivity index (χ0n) is 31.6. The molecule has 15 heteroatoms. The number of halogens is 5. The molecule has 2 heterocycles. The molecule has 300 valence electrons. The summed E-state index contributed by atoms with van der Waals surface area (Å²) in [5.74, 6) is 0.256. The van der Waals surface area contributed by atoms with Crippen molar-refractivity contribution in [1.29, 1.82) is 0 Å². The van der Waals surface area contributed by atoms with Gasteiger partial charge in [0, 0.05) is 50.7 Å². The Kier molecular flexibility index (Phi) is 20.7. The van der Waals surface area contributed by atoms with E-state index in [0.717, 1.165) is 44.7 Å². The summed E-state index contributed by atoms with van der Waals surface area (Å²) in [6.45, 7) is 15.4. The monoisotopic (exact) mass is 898 g/mol. The second-order valence-electron chi connectivity index (χ2n) is 14.5. The van der Waals surface area contributed by atoms with Crippen LogP contribution in [0.4, 0.5) is 18.4 Å². The maximum Gasteiger partial charge on any atom is 0.410 e. The number of phenols is 1. The highest BCUT2D eigenvalue weighted by Crippen LogP contribution is 2.24. The molecule has 4 rings (SSSR count). The number of rotatable bonds is 12. The quantitative estimate of drug-likeness (QED) is 0.166. The fourth-order valence-electron chi connectivity index (χ4n) is 5.14. The van der Waals surface area contributed by atoms with Gasteiger partial charge in [-0.05, 0) is 130 Å². The maximum atomic E-state index is 13.4. The molecule has 2 aliphatic heterocycles. The van der Waals surface area contributed by atoms with Crippen LogP contribution in [-0.2, 0) is 18.9 Å². The smallest absolute Gasteiger partial charge is 0.410 e. The number of amides is 2. The van der Waals surface area contributed by atoms with Crippen LogP contribution < -0.4 is 4.74 Å². The van der Waals surface area contributed by atoms with Gasteiger partial charge in [-0.15, -0.1) is 11.6 Å². The third kappa shape index (κ3) is 19.2. The van der Waals surface area contributed by atoms with Gasteiger partial charge >= 0.3 is 12.2 Å². The minimum absolute atomic E-state index is 0.0595. The molecule has 2 amide bonds. The van der Waals surface area contributed by atoms with E-state index >= 15 is 0 Å². The van der Waals surface area contributed by atoms with Gasteiger partial charge in [-0.3, -0.25) is 0 Å². The molecule has 0 unspecified atom stereocenters. The standard InChI is InChI=1S/C19H27BrFNO4.C13H24ClNO3.C6H4BrFO/c1-19(2,3)26-18(23)22-9-4-6-14(22)13-24-10-5-11-25-15-7-8-16(20)17(21)12-15;1-13(2,3)18-12(16)15-8-4-6-11(15)10-17-9-5-7-14;7-5-2-1-4(9)3-6(5)8/h7-8,12,14H,4-6,9-11,13H2,1-3H3;11H,4-10H2,1-3H3;1-3,9H/t14-;11-;/m00./s1. The fraction of sp³-hybridized carbons (Fsp3) is 0.632. The number of nitrogens with zero attached hydrogens (tertiary/aromatic N) is 2. The lowest BCUT2D eigenvalue weighted by atomic mass is 10.2. The van der Waals surface area contributed by atoms with Crippen LogP contribution >= 0.6 is 43.5 Å². The number of phenolic OH excluding ortho intramolecular Hbond substituents is 1. The predicted octanol–water partition coefficient (Wildman–Crippen LogP) is 10.1. The number of carbonyl (C=O) groups is 2. The van der Waals surface area contributed by atoms with Crippen molar-refractivity contribution < 1.29 is 47.2 Å². The topological polar surface area (TPSA) is 107 Å². The Morgan fingerprint density at radius 3 is 1.68 bits per heavy atom. The van der Waals surface area contributed by atoms with E-state index in [1.54, 1.807) is 21.9 Å². The van der Waals surface area contributed by atoms with Gasteiger partial charge in [0.25, 0.3) is 0 Å². The average molecular weight is 901 g/mol. The van der Waals surface area contributed by atoms with Gasteiger partial charge < -0.3 is 38.6 Å². The van der Waals surface area contributed by atoms with E-state index in [2.05, 4.69) is 31.9 Å². The average Bonchev–Trinajstić information content (AvgIpc) is 3.74. The predicted molar refractivity (Wildman–Crippen MR) is 209 cm³/mol. The SMILES string of the molecule is CC(C)(C)OC(=O)N1CCC[C@H]1COCCCCl.CC(C)(C)OC(=O)N1CCC[C@H]1COCCCOc1ccc(Br)c(F)c1.Oc1ccc(Br)c(F)c1. The molecule has 2 saturated heterocycles. The van der Waals surface area contributed by atoms with Crippen molar-refractivity contribution in [3.8, 4) is 11.5 Å². The molecule has 2 atom stereocenters. The van der Waals surface area contributed by atoms with Gasteiger partial charge in [0.15, 0.2) is 0 Å². The van der Waals surface area contributed by atoms with Crippen LogP contribution in [0, 0.1) is 11.6 Å². The first-order valence-corrected chi connectivity index (χ1v) is 19.9. The highest BCUT2D eigenvalue weighted by molar-refractivity contribution is 9.10. The van der Waals surface area contributed by atoms with E-state index in [4.69, 9.17) is 40.4 Å². The van der Waals surface area contributed by atoms with Gasteiger partial charge in [0.2, 0.25) is 0 Å². The summed E-state index contributed by atoms with van der Waals surface area (Å²) in [5.41, 5.74) is -0.932. The van der Waals surface area contributed by atoms with Crippen molar-refractivity contribution in [3.63, 3.8) is 0 Å². The number of hydrogen-bond acceptors (Lipinski definition) is 8. The Balaban J connectivity index is 0.000000309. The Labute approximate surface area is 335 Å². The Hall–Kier alpha value is -2.39. The minimum Gasteiger partial charge on any atom is -0.508 e. The molecule has 0 radical (unpaired) electrons. The highest BCUT2D eigenvalue weighted by atomic mass is 79.9. The molecule has 2 aromatic rings. The van der Waals surface area contributed by atoms with E-state index in [-0.39, 0.29) is 35.8 Å². The number of likely N-dealkylation sites (tertiary alicyclic amines) is 2. The van der Waals surface area contributed by atoms with E-state index < -0.39 is 17.0 Å². The second-order valence-corrected chi connectivity index (χ2v) is 16.6. The molecule has 53 heavy (non-hydrogen) atoms. The molecule has 0 aliphatic carbocycles. The maximum absolute atomic E-state index is 13.4. The molecule has 0 spiro atoms. The molecule has 1 N–H and O–H groups in total. The van der Waals surface area contributed by atoms with Gasteiger partial charge in [0.1, 0.15) is 34.3 Å². The van der Waals surface area contributed by atoms with Crippen molar-refractivity contribution in [2.45, 2.75) is 103 Å². The van der Waals surface area contributed by atoms with Crippen molar-refractivity contribution in [2.24, 2.45) is 0 Å². The zero-order chi connectivity index (χ0) is 39.6. The molecule has 0 aromatic heterocycles. The van der Waals surface area contributed by atoms with E-state index in [1.807, 2.05) is 41.5 Å². The van der Waals surface area contributed by atoms with Crippen molar-refractivity contribution >= 4 is 55.6 Å². The molecule has 2 aliphatic rings. The van der Waals surface area contributed by atoms with Crippen LogP contribution in [0.1, 0.15) is 80.1 Å². The largest absolute Gasteiger partial charge is 0.508 e. The van der Waals surface area contributed by atoms with Crippen molar-refractivity contribution in [1.82, 2.24) is 9.80 Å². The summed E-state index contributed by atoms with van der Waals surface area (Å²) in [7, 11) is 0. The Morgan fingerprint density at radius 1 is 0.774 bits per heavy atom. The molecular formula is C38H55Br2ClF2N2O8. The van der Waals surface area contributed by atoms with Crippen molar-refractivity contribution in [2.75, 3.05) is 52.0 Å². The Bertz CT molecular complexity index is 1410. The molecular weight excluding hydrogens is 846 g/mol. The first kappa shape index (κ1) is 46.8. The second kappa shape index (κ2) is 23.5. The summed E-state index contributed by atoms with van der Waals surface area (Å²) >= 11 is 11.6. The van der Waals surface area contributed by atoms with Gasteiger partial charge in [-0.1, -0.05) is 0 Å². The number of alkyl halides is 1. The van der Waals surface area contributed by atoms with E-state index in [0.29, 0.717) is 66.6 Å². The summed E-state index contributed by atoms with van der Waals surface area (Å²) < 4.78 is 54.1. The lowest BCUT2D eigenvalue weighted by Gasteiger charge is -2.28. The van der Waals surface area contributed by atoms with Gasteiger partial charge in [-0.2, -0.15) is 0 Å². The van der Waals surface area contributed by atoms with Crippen molar-refractivity contribution in [3.05, 3.63) is 57.0 Å². The molecule has 2 aromatic carbocycles. The first-order chi connectivity index (χ1) is 24.9.